The largest absolute Gasteiger partial charge is 0.381 e. The number of hydrogen-bond acceptors (Lipinski definition) is 4. The molecule has 5 nitrogen and oxygen atoms in total. The van der Waals surface area contributed by atoms with Gasteiger partial charge in [0.15, 0.2) is 28.2 Å². The van der Waals surface area contributed by atoms with Gasteiger partial charge in [0.2, 0.25) is 10.0 Å². The smallest absolute Gasteiger partial charge is 0.249 e. The van der Waals surface area contributed by atoms with Crippen LogP contribution >= 0.6 is 0 Å². The topological polar surface area (TPSA) is 72.6 Å². The molecule has 0 bridgehead atoms. The lowest BCUT2D eigenvalue weighted by Crippen LogP contribution is -2.51. The summed E-state index contributed by atoms with van der Waals surface area (Å²) in [5, 5.41) is 0. The Labute approximate surface area is 131 Å². The van der Waals surface area contributed by atoms with Gasteiger partial charge in [0.05, 0.1) is 6.10 Å². The average Bonchev–Trinajstić information content (AvgIpc) is 2.52. The van der Waals surface area contributed by atoms with Gasteiger partial charge in [-0.05, 0) is 12.8 Å². The van der Waals surface area contributed by atoms with Gasteiger partial charge in [-0.1, -0.05) is 0 Å². The molecule has 0 aromatic heterocycles. The van der Waals surface area contributed by atoms with Crippen LogP contribution in [0.15, 0.2) is 11.0 Å². The van der Waals surface area contributed by atoms with E-state index in [-0.39, 0.29) is 38.1 Å². The number of sulfonamides is 1. The molecule has 0 spiro atoms. The SMILES string of the molecule is COC1CCN(S(=O)(=O)c2c(F)c(F)cc(F)c2F)C(CN)C1. The number of piperidine rings is 1. The quantitative estimate of drug-likeness (QED) is 0.653. The van der Waals surface area contributed by atoms with E-state index >= 15 is 0 Å². The summed E-state index contributed by atoms with van der Waals surface area (Å²) in [5.41, 5.74) is 5.52. The first kappa shape index (κ1) is 18.1. The first-order valence-electron chi connectivity index (χ1n) is 6.81. The van der Waals surface area contributed by atoms with E-state index < -0.39 is 44.2 Å². The van der Waals surface area contributed by atoms with Crippen LogP contribution in [0.4, 0.5) is 17.6 Å². The predicted molar refractivity (Wildman–Crippen MR) is 73.0 cm³/mol. The summed E-state index contributed by atoms with van der Waals surface area (Å²) in [6.07, 6.45) is 0.231. The van der Waals surface area contributed by atoms with Crippen molar-refractivity contribution in [2.45, 2.75) is 29.9 Å². The predicted octanol–water partition coefficient (Wildman–Crippen LogP) is 1.37. The maximum Gasteiger partial charge on any atom is 0.249 e. The average molecular weight is 356 g/mol. The molecular formula is C13H16F4N2O3S. The van der Waals surface area contributed by atoms with Crippen molar-refractivity contribution in [1.29, 1.82) is 0 Å². The lowest BCUT2D eigenvalue weighted by atomic mass is 10.0. The molecule has 0 radical (unpaired) electrons. The molecule has 2 rings (SSSR count). The van der Waals surface area contributed by atoms with E-state index in [1.165, 1.54) is 7.11 Å². The molecule has 1 fully saturated rings. The molecule has 1 aliphatic rings. The Kier molecular flexibility index (Phi) is 5.29. The fourth-order valence-electron chi connectivity index (χ4n) is 2.63. The Morgan fingerprint density at radius 1 is 1.26 bits per heavy atom. The van der Waals surface area contributed by atoms with Crippen molar-refractivity contribution in [2.75, 3.05) is 20.2 Å². The van der Waals surface area contributed by atoms with Crippen LogP contribution in [0.1, 0.15) is 12.8 Å². The highest BCUT2D eigenvalue weighted by Gasteiger charge is 2.40. The Morgan fingerprint density at radius 3 is 2.30 bits per heavy atom. The van der Waals surface area contributed by atoms with Crippen LogP contribution < -0.4 is 5.73 Å². The summed E-state index contributed by atoms with van der Waals surface area (Å²) in [6.45, 7) is -0.250. The number of ether oxygens (including phenoxy) is 1. The molecular weight excluding hydrogens is 340 g/mol. The Balaban J connectivity index is 2.51. The van der Waals surface area contributed by atoms with E-state index in [4.69, 9.17) is 10.5 Å². The second kappa shape index (κ2) is 6.71. The van der Waals surface area contributed by atoms with Crippen LogP contribution in [-0.2, 0) is 14.8 Å². The van der Waals surface area contributed by atoms with Gasteiger partial charge in [-0.15, -0.1) is 0 Å². The summed E-state index contributed by atoms with van der Waals surface area (Å²) >= 11 is 0. The molecule has 2 atom stereocenters. The summed E-state index contributed by atoms with van der Waals surface area (Å²) < 4.78 is 85.2. The van der Waals surface area contributed by atoms with Crippen molar-refractivity contribution in [3.8, 4) is 0 Å². The zero-order valence-electron chi connectivity index (χ0n) is 12.2. The van der Waals surface area contributed by atoms with E-state index in [1.54, 1.807) is 0 Å². The van der Waals surface area contributed by atoms with Crippen molar-refractivity contribution >= 4 is 10.0 Å². The summed E-state index contributed by atoms with van der Waals surface area (Å²) in [5.74, 6) is -7.46. The molecule has 1 aromatic rings. The molecule has 2 N–H and O–H groups in total. The Morgan fingerprint density at radius 2 is 1.83 bits per heavy atom. The van der Waals surface area contributed by atoms with Crippen molar-refractivity contribution in [3.63, 3.8) is 0 Å². The van der Waals surface area contributed by atoms with Crippen molar-refractivity contribution in [1.82, 2.24) is 4.31 Å². The standard InChI is InChI=1S/C13H16F4N2O3S/c1-22-8-2-3-19(7(4-8)6-18)23(20,21)13-11(16)9(14)5-10(15)12(13)17/h5,7-8H,2-4,6,18H2,1H3. The molecule has 1 saturated heterocycles. The molecule has 1 heterocycles. The number of rotatable bonds is 4. The van der Waals surface area contributed by atoms with Gasteiger partial charge < -0.3 is 10.5 Å². The first-order chi connectivity index (χ1) is 10.7. The maximum absolute atomic E-state index is 13.8. The minimum absolute atomic E-state index is 0.0404. The van der Waals surface area contributed by atoms with Gasteiger partial charge in [0.1, 0.15) is 0 Å². The fraction of sp³-hybridized carbons (Fsp3) is 0.538. The zero-order chi connectivity index (χ0) is 17.4. The number of benzene rings is 1. The van der Waals surface area contributed by atoms with Crippen LogP contribution in [0.25, 0.3) is 0 Å². The molecule has 0 saturated carbocycles. The molecule has 130 valence electrons. The lowest BCUT2D eigenvalue weighted by Gasteiger charge is -2.37. The first-order valence-corrected chi connectivity index (χ1v) is 8.25. The van der Waals surface area contributed by atoms with E-state index in [2.05, 4.69) is 0 Å². The minimum atomic E-state index is -4.79. The van der Waals surface area contributed by atoms with Gasteiger partial charge in [-0.3, -0.25) is 0 Å². The van der Waals surface area contributed by atoms with Crippen molar-refractivity contribution in [2.24, 2.45) is 5.73 Å². The lowest BCUT2D eigenvalue weighted by molar-refractivity contribution is 0.0400. The summed E-state index contributed by atoms with van der Waals surface area (Å²) in [7, 11) is -3.35. The van der Waals surface area contributed by atoms with Crippen LogP contribution in [0, 0.1) is 23.3 Å². The summed E-state index contributed by atoms with van der Waals surface area (Å²) in [6, 6.07) is -0.829. The minimum Gasteiger partial charge on any atom is -0.381 e. The number of nitrogens with two attached hydrogens (primary N) is 1. The second-order valence-electron chi connectivity index (χ2n) is 5.18. The molecule has 2 unspecified atom stereocenters. The third-order valence-electron chi connectivity index (χ3n) is 3.86. The van der Waals surface area contributed by atoms with E-state index in [9.17, 15) is 26.0 Å². The monoisotopic (exact) mass is 356 g/mol. The maximum atomic E-state index is 13.8. The highest BCUT2D eigenvalue weighted by atomic mass is 32.2. The number of methoxy groups -OCH3 is 1. The molecule has 23 heavy (non-hydrogen) atoms. The van der Waals surface area contributed by atoms with Crippen LogP contribution in [0.2, 0.25) is 0 Å². The Bertz CT molecular complexity index is 673. The van der Waals surface area contributed by atoms with Crippen molar-refractivity contribution < 1.29 is 30.7 Å². The van der Waals surface area contributed by atoms with Crippen LogP contribution in [-0.4, -0.2) is 45.1 Å². The van der Waals surface area contributed by atoms with Gasteiger partial charge in [-0.25, -0.2) is 26.0 Å². The highest BCUT2D eigenvalue weighted by molar-refractivity contribution is 7.89. The molecule has 0 amide bonds. The molecule has 1 aromatic carbocycles. The van der Waals surface area contributed by atoms with Gasteiger partial charge in [0, 0.05) is 32.3 Å². The fourth-order valence-corrected chi connectivity index (χ4v) is 4.42. The van der Waals surface area contributed by atoms with Gasteiger partial charge >= 0.3 is 0 Å². The zero-order valence-corrected chi connectivity index (χ0v) is 13.0. The summed E-state index contributed by atoms with van der Waals surface area (Å²) in [4.78, 5) is -1.63. The van der Waals surface area contributed by atoms with E-state index in [1.807, 2.05) is 0 Å². The van der Waals surface area contributed by atoms with E-state index in [0.29, 0.717) is 0 Å². The van der Waals surface area contributed by atoms with Gasteiger partial charge in [-0.2, -0.15) is 4.31 Å². The van der Waals surface area contributed by atoms with Gasteiger partial charge in [0.25, 0.3) is 0 Å². The third-order valence-corrected chi connectivity index (χ3v) is 5.83. The number of hydrogen-bond donors (Lipinski definition) is 1. The number of nitrogens with zero attached hydrogens (tertiary/aromatic N) is 1. The molecule has 10 heteroatoms. The van der Waals surface area contributed by atoms with Crippen LogP contribution in [0.5, 0.6) is 0 Å². The highest BCUT2D eigenvalue weighted by Crippen LogP contribution is 2.31. The normalized spacial score (nSPS) is 23.2. The second-order valence-corrected chi connectivity index (χ2v) is 7.01. The third kappa shape index (κ3) is 3.21. The molecule has 1 aliphatic heterocycles. The molecule has 0 aliphatic carbocycles. The number of halogens is 4. The van der Waals surface area contributed by atoms with Crippen LogP contribution in [0.3, 0.4) is 0 Å². The van der Waals surface area contributed by atoms with Crippen molar-refractivity contribution in [3.05, 3.63) is 29.3 Å². The van der Waals surface area contributed by atoms with E-state index in [0.717, 1.165) is 4.31 Å². The Hall–Kier alpha value is -1.23.